The average molecular weight is 373 g/mol. The molecule has 0 aromatic heterocycles. The molecule has 0 radical (unpaired) electrons. The van der Waals surface area contributed by atoms with Gasteiger partial charge < -0.3 is 10.1 Å². The van der Waals surface area contributed by atoms with Crippen molar-refractivity contribution in [2.24, 2.45) is 0 Å². The molecule has 1 N–H and O–H groups in total. The number of benzene rings is 2. The molecule has 2 rings (SSSR count). The lowest BCUT2D eigenvalue weighted by atomic mass is 10.0. The van der Waals surface area contributed by atoms with Crippen LogP contribution in [0.3, 0.4) is 0 Å². The van der Waals surface area contributed by atoms with Gasteiger partial charge >= 0.3 is 0 Å². The van der Waals surface area contributed by atoms with Crippen molar-refractivity contribution < 1.29 is 9.53 Å². The second-order valence-corrected chi connectivity index (χ2v) is 5.89. The van der Waals surface area contributed by atoms with Crippen LogP contribution in [0.5, 0.6) is 5.75 Å². The topological polar surface area (TPSA) is 62.1 Å². The van der Waals surface area contributed by atoms with E-state index in [-0.39, 0.29) is 18.6 Å². The molecule has 0 heterocycles. The Morgan fingerprint density at radius 1 is 1.26 bits per heavy atom. The van der Waals surface area contributed by atoms with Gasteiger partial charge in [0.15, 0.2) is 6.61 Å². The third kappa shape index (κ3) is 4.83. The number of nitrogens with zero attached hydrogens (tertiary/aromatic N) is 1. The molecule has 2 aromatic carbocycles. The number of hydrogen-bond acceptors (Lipinski definition) is 3. The van der Waals surface area contributed by atoms with Gasteiger partial charge in [0.2, 0.25) is 0 Å². The SMILES string of the molecule is CC[C@H](NC(=O)COc1ccccc1C#N)c1ccc(Br)cc1. The number of carbonyl (C=O) groups excluding carboxylic acids is 1. The van der Waals surface area contributed by atoms with Gasteiger partial charge in [-0.3, -0.25) is 4.79 Å². The van der Waals surface area contributed by atoms with Crippen LogP contribution in [0.15, 0.2) is 53.0 Å². The molecule has 0 spiro atoms. The monoisotopic (exact) mass is 372 g/mol. The van der Waals surface area contributed by atoms with Crippen molar-refractivity contribution in [3.8, 4) is 11.8 Å². The van der Waals surface area contributed by atoms with Crippen molar-refractivity contribution in [3.05, 3.63) is 64.1 Å². The fourth-order valence-electron chi connectivity index (χ4n) is 2.18. The zero-order valence-electron chi connectivity index (χ0n) is 12.8. The van der Waals surface area contributed by atoms with E-state index < -0.39 is 0 Å². The molecule has 1 amide bonds. The number of nitriles is 1. The summed E-state index contributed by atoms with van der Waals surface area (Å²) in [5.74, 6) is 0.203. The second-order valence-electron chi connectivity index (χ2n) is 4.98. The zero-order valence-corrected chi connectivity index (χ0v) is 14.3. The van der Waals surface area contributed by atoms with Gasteiger partial charge in [0, 0.05) is 4.47 Å². The van der Waals surface area contributed by atoms with Crippen molar-refractivity contribution in [3.63, 3.8) is 0 Å². The van der Waals surface area contributed by atoms with Gasteiger partial charge in [0.25, 0.3) is 5.91 Å². The summed E-state index contributed by atoms with van der Waals surface area (Å²) in [6.45, 7) is 1.89. The van der Waals surface area contributed by atoms with E-state index >= 15 is 0 Å². The highest BCUT2D eigenvalue weighted by Gasteiger charge is 2.13. The number of ether oxygens (including phenoxy) is 1. The first kappa shape index (κ1) is 17.0. The van der Waals surface area contributed by atoms with Crippen LogP contribution in [0.4, 0.5) is 0 Å². The molecular formula is C18H17BrN2O2. The molecule has 0 saturated heterocycles. The maximum absolute atomic E-state index is 12.1. The second kappa shape index (κ2) is 8.35. The molecule has 0 saturated carbocycles. The van der Waals surface area contributed by atoms with Crippen LogP contribution >= 0.6 is 15.9 Å². The molecule has 0 aliphatic rings. The van der Waals surface area contributed by atoms with Crippen molar-refractivity contribution in [1.82, 2.24) is 5.32 Å². The van der Waals surface area contributed by atoms with Gasteiger partial charge in [0.1, 0.15) is 11.8 Å². The lowest BCUT2D eigenvalue weighted by Crippen LogP contribution is -2.32. The van der Waals surface area contributed by atoms with Crippen molar-refractivity contribution in [2.45, 2.75) is 19.4 Å². The summed E-state index contributed by atoms with van der Waals surface area (Å²) in [6, 6.07) is 16.7. The van der Waals surface area contributed by atoms with Crippen molar-refractivity contribution in [1.29, 1.82) is 5.26 Å². The van der Waals surface area contributed by atoms with Crippen LogP contribution in [-0.2, 0) is 4.79 Å². The lowest BCUT2D eigenvalue weighted by molar-refractivity contribution is -0.123. The molecular weight excluding hydrogens is 356 g/mol. The predicted octanol–water partition coefficient (Wildman–Crippen LogP) is 3.97. The minimum absolute atomic E-state index is 0.0644. The van der Waals surface area contributed by atoms with Crippen LogP contribution in [0.25, 0.3) is 0 Å². The Morgan fingerprint density at radius 3 is 2.61 bits per heavy atom. The highest BCUT2D eigenvalue weighted by atomic mass is 79.9. The number of carbonyl (C=O) groups is 1. The fourth-order valence-corrected chi connectivity index (χ4v) is 2.44. The molecule has 118 valence electrons. The van der Waals surface area contributed by atoms with E-state index in [0.717, 1.165) is 16.5 Å². The third-order valence-corrected chi connectivity index (χ3v) is 3.91. The summed E-state index contributed by atoms with van der Waals surface area (Å²) < 4.78 is 6.45. The number of nitrogens with one attached hydrogen (secondary N) is 1. The van der Waals surface area contributed by atoms with Gasteiger partial charge in [-0.2, -0.15) is 5.26 Å². The largest absolute Gasteiger partial charge is 0.482 e. The maximum Gasteiger partial charge on any atom is 0.258 e. The Hall–Kier alpha value is -2.32. The van der Waals surface area contributed by atoms with Crippen molar-refractivity contribution in [2.75, 3.05) is 6.61 Å². The van der Waals surface area contributed by atoms with E-state index in [4.69, 9.17) is 10.00 Å². The predicted molar refractivity (Wildman–Crippen MR) is 92.0 cm³/mol. The Labute approximate surface area is 144 Å². The van der Waals surface area contributed by atoms with Gasteiger partial charge in [0.05, 0.1) is 11.6 Å². The molecule has 1 atom stereocenters. The summed E-state index contributed by atoms with van der Waals surface area (Å²) in [4.78, 5) is 12.1. The summed E-state index contributed by atoms with van der Waals surface area (Å²) in [6.07, 6.45) is 0.780. The van der Waals surface area contributed by atoms with Gasteiger partial charge in [-0.1, -0.05) is 47.1 Å². The standard InChI is InChI=1S/C18H17BrN2O2/c1-2-16(13-7-9-15(19)10-8-13)21-18(22)12-23-17-6-4-3-5-14(17)11-20/h3-10,16H,2,12H2,1H3,(H,21,22)/t16-/m0/s1. The number of amides is 1. The Balaban J connectivity index is 1.95. The molecule has 0 bridgehead atoms. The highest BCUT2D eigenvalue weighted by Crippen LogP contribution is 2.20. The Morgan fingerprint density at radius 2 is 1.96 bits per heavy atom. The van der Waals surface area contributed by atoms with E-state index in [1.807, 2.05) is 37.3 Å². The molecule has 4 nitrogen and oxygen atoms in total. The summed E-state index contributed by atoms with van der Waals surface area (Å²) in [7, 11) is 0. The first-order chi connectivity index (χ1) is 11.1. The van der Waals surface area contributed by atoms with E-state index in [9.17, 15) is 4.79 Å². The molecule has 2 aromatic rings. The fraction of sp³-hybridized carbons (Fsp3) is 0.222. The van der Waals surface area contributed by atoms with Crippen molar-refractivity contribution >= 4 is 21.8 Å². The quantitative estimate of drug-likeness (QED) is 0.834. The first-order valence-corrected chi connectivity index (χ1v) is 8.10. The molecule has 23 heavy (non-hydrogen) atoms. The molecule has 0 unspecified atom stereocenters. The molecule has 0 aliphatic carbocycles. The van der Waals surface area contributed by atoms with E-state index in [1.165, 1.54) is 0 Å². The molecule has 0 aliphatic heterocycles. The number of para-hydroxylation sites is 1. The third-order valence-electron chi connectivity index (χ3n) is 3.38. The van der Waals surface area contributed by atoms with Crippen LogP contribution in [0, 0.1) is 11.3 Å². The van der Waals surface area contributed by atoms with Crippen LogP contribution in [0.1, 0.15) is 30.5 Å². The highest BCUT2D eigenvalue weighted by molar-refractivity contribution is 9.10. The van der Waals surface area contributed by atoms with Crippen LogP contribution in [-0.4, -0.2) is 12.5 Å². The van der Waals surface area contributed by atoms with Gasteiger partial charge in [-0.25, -0.2) is 0 Å². The summed E-state index contributed by atoms with van der Waals surface area (Å²) in [5, 5.41) is 12.0. The van der Waals surface area contributed by atoms with E-state index in [2.05, 4.69) is 21.2 Å². The zero-order chi connectivity index (χ0) is 16.7. The average Bonchev–Trinajstić information content (AvgIpc) is 2.59. The Kier molecular flexibility index (Phi) is 6.19. The first-order valence-electron chi connectivity index (χ1n) is 7.30. The summed E-state index contributed by atoms with van der Waals surface area (Å²) in [5.41, 5.74) is 1.46. The minimum Gasteiger partial charge on any atom is -0.482 e. The minimum atomic E-state index is -0.215. The van der Waals surface area contributed by atoms with Gasteiger partial charge in [-0.15, -0.1) is 0 Å². The molecule has 5 heteroatoms. The van der Waals surface area contributed by atoms with Gasteiger partial charge in [-0.05, 0) is 36.2 Å². The number of rotatable bonds is 6. The maximum atomic E-state index is 12.1. The molecule has 0 fully saturated rings. The number of halogens is 1. The summed E-state index contributed by atoms with van der Waals surface area (Å²) >= 11 is 3.40. The van der Waals surface area contributed by atoms with Crippen LogP contribution < -0.4 is 10.1 Å². The van der Waals surface area contributed by atoms with Crippen LogP contribution in [0.2, 0.25) is 0 Å². The van der Waals surface area contributed by atoms with E-state index in [0.29, 0.717) is 11.3 Å². The smallest absolute Gasteiger partial charge is 0.258 e. The van der Waals surface area contributed by atoms with E-state index in [1.54, 1.807) is 24.3 Å². The lowest BCUT2D eigenvalue weighted by Gasteiger charge is -2.18. The number of hydrogen-bond donors (Lipinski definition) is 1. The normalized spacial score (nSPS) is 11.3. The Bertz CT molecular complexity index is 708.